The van der Waals surface area contributed by atoms with Gasteiger partial charge < -0.3 is 9.88 Å². The van der Waals surface area contributed by atoms with Crippen LogP contribution in [0.2, 0.25) is 0 Å². The number of hydrogen-bond acceptors (Lipinski definition) is 2. The molecule has 0 bridgehead atoms. The van der Waals surface area contributed by atoms with E-state index in [4.69, 9.17) is 0 Å². The van der Waals surface area contributed by atoms with Crippen molar-refractivity contribution in [1.29, 1.82) is 0 Å². The van der Waals surface area contributed by atoms with Crippen LogP contribution in [0, 0.1) is 6.92 Å². The van der Waals surface area contributed by atoms with E-state index in [0.717, 1.165) is 18.2 Å². The second-order valence-corrected chi connectivity index (χ2v) is 5.28. The first kappa shape index (κ1) is 12.3. The molecule has 0 spiro atoms. The van der Waals surface area contributed by atoms with Gasteiger partial charge in [0.2, 0.25) is 5.95 Å². The van der Waals surface area contributed by atoms with Crippen LogP contribution in [0.1, 0.15) is 42.6 Å². The van der Waals surface area contributed by atoms with Gasteiger partial charge in [-0.25, -0.2) is 4.98 Å². The first-order valence-electron chi connectivity index (χ1n) is 7.16. The Morgan fingerprint density at radius 1 is 1.37 bits per heavy atom. The minimum Gasteiger partial charge on any atom is -0.349 e. The maximum absolute atomic E-state index is 4.60. The van der Waals surface area contributed by atoms with Crippen LogP contribution in [-0.4, -0.2) is 9.55 Å². The molecule has 0 saturated carbocycles. The number of rotatable bonds is 3. The van der Waals surface area contributed by atoms with Gasteiger partial charge in [0.25, 0.3) is 0 Å². The third kappa shape index (κ3) is 2.37. The molecule has 1 aliphatic carbocycles. The molecule has 1 aliphatic rings. The number of anilines is 1. The molecule has 0 saturated heterocycles. The fourth-order valence-electron chi connectivity index (χ4n) is 2.96. The van der Waals surface area contributed by atoms with E-state index in [0.29, 0.717) is 6.04 Å². The van der Waals surface area contributed by atoms with Gasteiger partial charge in [0.15, 0.2) is 0 Å². The average molecular weight is 255 g/mol. The fourth-order valence-corrected chi connectivity index (χ4v) is 2.96. The van der Waals surface area contributed by atoms with E-state index in [2.05, 4.69) is 52.3 Å². The quantitative estimate of drug-likeness (QED) is 0.906. The second kappa shape index (κ2) is 5.08. The van der Waals surface area contributed by atoms with Crippen molar-refractivity contribution in [3.8, 4) is 0 Å². The van der Waals surface area contributed by atoms with Crippen LogP contribution in [0.5, 0.6) is 0 Å². The molecule has 0 aliphatic heterocycles. The van der Waals surface area contributed by atoms with Gasteiger partial charge in [0.05, 0.1) is 11.7 Å². The average Bonchev–Trinajstić information content (AvgIpc) is 2.79. The van der Waals surface area contributed by atoms with Gasteiger partial charge in [-0.2, -0.15) is 0 Å². The molecule has 3 nitrogen and oxygen atoms in total. The minimum absolute atomic E-state index is 0.400. The number of aryl methyl sites for hydroxylation is 3. The molecule has 1 aromatic carbocycles. The van der Waals surface area contributed by atoms with Gasteiger partial charge in [0.1, 0.15) is 0 Å². The number of fused-ring (bicyclic) bond motifs is 1. The highest BCUT2D eigenvalue weighted by Gasteiger charge is 2.20. The van der Waals surface area contributed by atoms with Crippen molar-refractivity contribution in [3.63, 3.8) is 0 Å². The van der Waals surface area contributed by atoms with Crippen molar-refractivity contribution < 1.29 is 0 Å². The number of benzene rings is 1. The lowest BCUT2D eigenvalue weighted by molar-refractivity contribution is 0.590. The molecule has 1 N–H and O–H groups in total. The first-order valence-corrected chi connectivity index (χ1v) is 7.16. The van der Waals surface area contributed by atoms with Gasteiger partial charge in [-0.3, -0.25) is 0 Å². The fraction of sp³-hybridized carbons (Fsp3) is 0.438. The van der Waals surface area contributed by atoms with Gasteiger partial charge >= 0.3 is 0 Å². The van der Waals surface area contributed by atoms with Crippen LogP contribution >= 0.6 is 0 Å². The highest BCUT2D eigenvalue weighted by Crippen LogP contribution is 2.32. The largest absolute Gasteiger partial charge is 0.349 e. The topological polar surface area (TPSA) is 29.9 Å². The Hall–Kier alpha value is -1.77. The summed E-state index contributed by atoms with van der Waals surface area (Å²) in [6, 6.07) is 9.17. The highest BCUT2D eigenvalue weighted by molar-refractivity contribution is 5.39. The van der Waals surface area contributed by atoms with Crippen molar-refractivity contribution in [2.75, 3.05) is 5.32 Å². The lowest BCUT2D eigenvalue weighted by atomic mass is 9.88. The summed E-state index contributed by atoms with van der Waals surface area (Å²) in [7, 11) is 0. The molecule has 1 unspecified atom stereocenters. The molecule has 2 aromatic rings. The van der Waals surface area contributed by atoms with Crippen molar-refractivity contribution >= 4 is 5.95 Å². The van der Waals surface area contributed by atoms with Gasteiger partial charge in [-0.1, -0.05) is 24.3 Å². The van der Waals surface area contributed by atoms with E-state index in [-0.39, 0.29) is 0 Å². The summed E-state index contributed by atoms with van der Waals surface area (Å²) >= 11 is 0. The van der Waals surface area contributed by atoms with Crippen molar-refractivity contribution in [2.24, 2.45) is 0 Å². The normalized spacial score (nSPS) is 18.1. The summed E-state index contributed by atoms with van der Waals surface area (Å²) in [6.07, 6.45) is 5.75. The zero-order chi connectivity index (χ0) is 13.2. The van der Waals surface area contributed by atoms with Crippen molar-refractivity contribution in [2.45, 2.75) is 45.7 Å². The van der Waals surface area contributed by atoms with E-state index in [1.807, 2.05) is 6.92 Å². The molecule has 100 valence electrons. The Morgan fingerprint density at radius 2 is 2.21 bits per heavy atom. The summed E-state index contributed by atoms with van der Waals surface area (Å²) < 4.78 is 2.19. The highest BCUT2D eigenvalue weighted by atomic mass is 15.2. The van der Waals surface area contributed by atoms with Gasteiger partial charge in [-0.15, -0.1) is 0 Å². The molecule has 19 heavy (non-hydrogen) atoms. The number of hydrogen-bond donors (Lipinski definition) is 1. The Bertz CT molecular complexity index is 571. The van der Waals surface area contributed by atoms with E-state index in [9.17, 15) is 0 Å². The number of aromatic nitrogens is 2. The molecule has 3 heteroatoms. The third-order valence-corrected chi connectivity index (χ3v) is 3.91. The maximum atomic E-state index is 4.60. The molecule has 3 rings (SSSR count). The van der Waals surface area contributed by atoms with E-state index in [1.165, 1.54) is 30.4 Å². The van der Waals surface area contributed by atoms with Crippen LogP contribution in [0.3, 0.4) is 0 Å². The Morgan fingerprint density at radius 3 is 3.05 bits per heavy atom. The number of imidazole rings is 1. The van der Waals surface area contributed by atoms with Gasteiger partial charge in [0, 0.05) is 12.7 Å². The molecule has 0 amide bonds. The molecular formula is C16H21N3. The minimum atomic E-state index is 0.400. The molecule has 0 radical (unpaired) electrons. The third-order valence-electron chi connectivity index (χ3n) is 3.91. The van der Waals surface area contributed by atoms with E-state index in [1.54, 1.807) is 0 Å². The summed E-state index contributed by atoms with van der Waals surface area (Å²) in [5.74, 6) is 1.00. The predicted molar refractivity (Wildman–Crippen MR) is 78.4 cm³/mol. The summed E-state index contributed by atoms with van der Waals surface area (Å²) in [6.45, 7) is 5.16. The number of nitrogens with zero attached hydrogens (tertiary/aromatic N) is 2. The Kier molecular flexibility index (Phi) is 3.28. The van der Waals surface area contributed by atoms with Crippen LogP contribution < -0.4 is 5.32 Å². The smallest absolute Gasteiger partial charge is 0.203 e. The lowest BCUT2D eigenvalue weighted by Gasteiger charge is -2.26. The van der Waals surface area contributed by atoms with E-state index < -0.39 is 0 Å². The zero-order valence-electron chi connectivity index (χ0n) is 11.7. The summed E-state index contributed by atoms with van der Waals surface area (Å²) in [5, 5.41) is 3.63. The zero-order valence-corrected chi connectivity index (χ0v) is 11.7. The molecule has 0 fully saturated rings. The van der Waals surface area contributed by atoms with Gasteiger partial charge in [-0.05, 0) is 44.2 Å². The number of nitrogens with one attached hydrogen (secondary N) is 1. The predicted octanol–water partition coefficient (Wildman–Crippen LogP) is 3.70. The first-order chi connectivity index (χ1) is 9.28. The lowest BCUT2D eigenvalue weighted by Crippen LogP contribution is -2.19. The Balaban J connectivity index is 1.88. The Labute approximate surface area is 114 Å². The van der Waals surface area contributed by atoms with E-state index >= 15 is 0 Å². The van der Waals surface area contributed by atoms with Crippen molar-refractivity contribution in [3.05, 3.63) is 47.3 Å². The second-order valence-electron chi connectivity index (χ2n) is 5.28. The van der Waals surface area contributed by atoms with Crippen LogP contribution in [-0.2, 0) is 13.0 Å². The van der Waals surface area contributed by atoms with Crippen LogP contribution in [0.25, 0.3) is 0 Å². The SMILES string of the molecule is CCn1cc(C)nc1NC1CCCc2ccccc21. The standard InChI is InChI=1S/C16H21N3/c1-3-19-11-12(2)17-16(19)18-15-10-6-8-13-7-4-5-9-14(13)15/h4-5,7,9,11,15H,3,6,8,10H2,1-2H3,(H,17,18). The molecule has 1 atom stereocenters. The molecule has 1 aromatic heterocycles. The monoisotopic (exact) mass is 255 g/mol. The summed E-state index contributed by atoms with van der Waals surface area (Å²) in [4.78, 5) is 4.60. The van der Waals surface area contributed by atoms with Crippen LogP contribution in [0.15, 0.2) is 30.5 Å². The van der Waals surface area contributed by atoms with Crippen LogP contribution in [0.4, 0.5) is 5.95 Å². The molecular weight excluding hydrogens is 234 g/mol. The summed E-state index contributed by atoms with van der Waals surface area (Å²) in [5.41, 5.74) is 4.00. The molecule has 1 heterocycles. The maximum Gasteiger partial charge on any atom is 0.203 e. The van der Waals surface area contributed by atoms with Crippen molar-refractivity contribution in [1.82, 2.24) is 9.55 Å².